The van der Waals surface area contributed by atoms with E-state index in [0.29, 0.717) is 0 Å². The molecule has 0 saturated heterocycles. The van der Waals surface area contributed by atoms with Crippen LogP contribution in [0, 0.1) is 5.82 Å². The predicted molar refractivity (Wildman–Crippen MR) is 120 cm³/mol. The van der Waals surface area contributed by atoms with Crippen molar-refractivity contribution in [3.63, 3.8) is 0 Å². The molecular formula is C23H17F9O5S2. The van der Waals surface area contributed by atoms with Gasteiger partial charge in [-0.1, -0.05) is 18.2 Å². The second-order valence-corrected chi connectivity index (χ2v) is 10.9. The zero-order chi connectivity index (χ0) is 29.6. The van der Waals surface area contributed by atoms with Gasteiger partial charge in [-0.25, -0.2) is 12.8 Å². The zero-order valence-corrected chi connectivity index (χ0v) is 20.7. The summed E-state index contributed by atoms with van der Waals surface area (Å²) in [4.78, 5) is 2.85. The van der Waals surface area contributed by atoms with E-state index in [1.165, 1.54) is 24.3 Å². The fourth-order valence-corrected chi connectivity index (χ4v) is 5.17. The number of hydrogen-bond acceptors (Lipinski definition) is 5. The van der Waals surface area contributed by atoms with Crippen LogP contribution >= 0.6 is 0 Å². The summed E-state index contributed by atoms with van der Waals surface area (Å²) in [5.41, 5.74) is 0. The molecule has 0 fully saturated rings. The number of ether oxygens (including phenoxy) is 1. The van der Waals surface area contributed by atoms with Crippen LogP contribution in [-0.4, -0.2) is 48.4 Å². The maximum absolute atomic E-state index is 13.3. The Bertz CT molecular complexity index is 1300. The Morgan fingerprint density at radius 1 is 0.769 bits per heavy atom. The van der Waals surface area contributed by atoms with Crippen molar-refractivity contribution in [2.24, 2.45) is 0 Å². The van der Waals surface area contributed by atoms with Gasteiger partial charge in [0.1, 0.15) is 11.6 Å². The van der Waals surface area contributed by atoms with E-state index >= 15 is 0 Å². The summed E-state index contributed by atoms with van der Waals surface area (Å²) in [5.74, 6) is -0.164. The smallest absolute Gasteiger partial charge is 0.422 e. The first-order valence-electron chi connectivity index (χ1n) is 10.3. The van der Waals surface area contributed by atoms with E-state index in [-0.39, 0.29) is 11.6 Å². The lowest BCUT2D eigenvalue weighted by Crippen LogP contribution is -2.49. The van der Waals surface area contributed by atoms with Gasteiger partial charge in [-0.15, -0.1) is 0 Å². The van der Waals surface area contributed by atoms with Crippen LogP contribution in [-0.2, 0) is 21.0 Å². The molecule has 0 aliphatic heterocycles. The first-order valence-corrected chi connectivity index (χ1v) is 12.9. The van der Waals surface area contributed by atoms with Gasteiger partial charge in [0, 0.05) is 0 Å². The molecule has 0 saturated carbocycles. The Labute approximate surface area is 218 Å². The molecule has 214 valence electrons. The van der Waals surface area contributed by atoms with E-state index in [0.717, 1.165) is 14.7 Å². The highest BCUT2D eigenvalue weighted by Crippen LogP contribution is 2.35. The van der Waals surface area contributed by atoms with Crippen LogP contribution in [0.4, 0.5) is 39.5 Å². The van der Waals surface area contributed by atoms with Gasteiger partial charge < -0.3 is 14.4 Å². The Kier molecular flexibility index (Phi) is 10.3. The number of aliphatic hydroxyl groups is 1. The van der Waals surface area contributed by atoms with Gasteiger partial charge in [-0.3, -0.25) is 0 Å². The second-order valence-electron chi connectivity index (χ2n) is 7.41. The third-order valence-corrected chi connectivity index (χ3v) is 7.57. The molecule has 1 N–H and O–H groups in total. The van der Waals surface area contributed by atoms with Crippen molar-refractivity contribution in [1.82, 2.24) is 0 Å². The van der Waals surface area contributed by atoms with Crippen molar-refractivity contribution in [1.29, 1.82) is 0 Å². The van der Waals surface area contributed by atoms with Crippen LogP contribution in [0.25, 0.3) is 0 Å². The topological polar surface area (TPSA) is 86.7 Å². The Morgan fingerprint density at radius 2 is 1.21 bits per heavy atom. The van der Waals surface area contributed by atoms with Crippen molar-refractivity contribution in [3.8, 4) is 5.75 Å². The van der Waals surface area contributed by atoms with Crippen LogP contribution in [0.2, 0.25) is 0 Å². The maximum Gasteiger partial charge on any atom is 0.422 e. The maximum atomic E-state index is 13.3. The summed E-state index contributed by atoms with van der Waals surface area (Å²) in [6.45, 7) is -1.32. The minimum atomic E-state index is -6.54. The average Bonchev–Trinajstić information content (AvgIpc) is 2.84. The Hall–Kier alpha value is -2.95. The van der Waals surface area contributed by atoms with E-state index < -0.39 is 51.3 Å². The van der Waals surface area contributed by atoms with Crippen LogP contribution < -0.4 is 4.74 Å². The van der Waals surface area contributed by atoms with Gasteiger partial charge in [-0.2, -0.15) is 35.1 Å². The molecule has 3 rings (SSSR count). The summed E-state index contributed by atoms with van der Waals surface area (Å²) in [7, 11) is -7.03. The molecule has 0 aliphatic rings. The highest BCUT2D eigenvalue weighted by molar-refractivity contribution is 7.97. The lowest BCUT2D eigenvalue weighted by molar-refractivity contribution is -0.248. The van der Waals surface area contributed by atoms with E-state index in [4.69, 9.17) is 9.84 Å². The van der Waals surface area contributed by atoms with E-state index in [1.807, 2.05) is 30.3 Å². The molecule has 16 heteroatoms. The molecular weight excluding hydrogens is 591 g/mol. The van der Waals surface area contributed by atoms with Crippen LogP contribution in [0.3, 0.4) is 0 Å². The standard InChI is InChI=1S/C20H15F4OS.C3H3F5O4S/c21-15-6-10-18(11-7-15)26(17-4-2-1-3-5-17)19-12-8-16(9-13-19)25-14-20(22,23)24;4-2(5,6)1(9)3(7,8)13(10,11)12/h1-13H,14H2;1,9H,(H,10,11,12)/q+1;/p-1. The molecule has 3 aromatic rings. The van der Waals surface area contributed by atoms with Crippen molar-refractivity contribution in [3.05, 3.63) is 84.7 Å². The van der Waals surface area contributed by atoms with Gasteiger partial charge in [0.15, 0.2) is 31.4 Å². The van der Waals surface area contributed by atoms with Gasteiger partial charge in [0.25, 0.3) is 0 Å². The largest absolute Gasteiger partial charge is 0.743 e. The summed E-state index contributed by atoms with van der Waals surface area (Å²) in [6.07, 6.45) is -14.8. The molecule has 0 heterocycles. The highest BCUT2D eigenvalue weighted by atomic mass is 32.2. The van der Waals surface area contributed by atoms with Gasteiger partial charge in [0.2, 0.25) is 6.10 Å². The Balaban J connectivity index is 0.000000349. The number of halogens is 9. The number of rotatable bonds is 7. The lowest BCUT2D eigenvalue weighted by Gasteiger charge is -2.26. The first kappa shape index (κ1) is 32.3. The molecule has 39 heavy (non-hydrogen) atoms. The molecule has 0 bridgehead atoms. The monoisotopic (exact) mass is 608 g/mol. The van der Waals surface area contributed by atoms with Crippen LogP contribution in [0.5, 0.6) is 5.75 Å². The fourth-order valence-electron chi connectivity index (χ4n) is 2.70. The van der Waals surface area contributed by atoms with E-state index in [1.54, 1.807) is 24.3 Å². The normalized spacial score (nSPS) is 14.1. The van der Waals surface area contributed by atoms with Gasteiger partial charge in [-0.05, 0) is 60.7 Å². The van der Waals surface area contributed by atoms with Crippen molar-refractivity contribution < 1.29 is 62.3 Å². The molecule has 2 unspecified atom stereocenters. The zero-order valence-electron chi connectivity index (χ0n) is 19.1. The summed E-state index contributed by atoms with van der Waals surface area (Å²) in [5, 5.41) is 2.02. The summed E-state index contributed by atoms with van der Waals surface area (Å²) >= 11 is 0. The third-order valence-electron chi connectivity index (χ3n) is 4.45. The molecule has 3 aromatic carbocycles. The molecule has 0 amide bonds. The van der Waals surface area contributed by atoms with Gasteiger partial charge >= 0.3 is 17.6 Å². The predicted octanol–water partition coefficient (Wildman–Crippen LogP) is 5.91. The molecule has 0 radical (unpaired) electrons. The molecule has 0 aliphatic carbocycles. The van der Waals surface area contributed by atoms with Gasteiger partial charge in [0.05, 0.1) is 10.9 Å². The van der Waals surface area contributed by atoms with Crippen LogP contribution in [0.15, 0.2) is 93.5 Å². The lowest BCUT2D eigenvalue weighted by atomic mass is 10.3. The fraction of sp³-hybridized carbons (Fsp3) is 0.217. The molecule has 5 nitrogen and oxygen atoms in total. The summed E-state index contributed by atoms with van der Waals surface area (Å²) < 4.78 is 142. The quantitative estimate of drug-likeness (QED) is 0.205. The third kappa shape index (κ3) is 9.33. The van der Waals surface area contributed by atoms with Crippen molar-refractivity contribution in [2.45, 2.75) is 38.4 Å². The van der Waals surface area contributed by atoms with Crippen molar-refractivity contribution in [2.75, 3.05) is 6.61 Å². The van der Waals surface area contributed by atoms with Crippen molar-refractivity contribution >= 4 is 21.0 Å². The molecule has 2 atom stereocenters. The molecule has 0 spiro atoms. The minimum absolute atomic E-state index is 0.154. The SMILES string of the molecule is Fc1ccc([S+](c2ccccc2)c2ccc(OCC(F)(F)F)cc2)cc1.O=S(=O)([O-])C(F)(F)C(O)C(F)(F)F. The van der Waals surface area contributed by atoms with E-state index in [2.05, 4.69) is 0 Å². The minimum Gasteiger partial charge on any atom is -0.743 e. The van der Waals surface area contributed by atoms with Crippen LogP contribution in [0.1, 0.15) is 0 Å². The number of alkyl halides is 8. The number of aliphatic hydroxyl groups excluding tert-OH is 1. The molecule has 0 aromatic heterocycles. The number of hydrogen-bond donors (Lipinski definition) is 1. The second kappa shape index (κ2) is 12.5. The number of benzene rings is 3. The van der Waals surface area contributed by atoms with E-state index in [9.17, 15) is 52.5 Å². The highest BCUT2D eigenvalue weighted by Gasteiger charge is 2.59. The summed E-state index contributed by atoms with van der Waals surface area (Å²) in [6, 6.07) is 22.5. The average molecular weight is 609 g/mol. The Morgan fingerprint density at radius 3 is 1.59 bits per heavy atom. The first-order chi connectivity index (χ1) is 17.8.